The van der Waals surface area contributed by atoms with Gasteiger partial charge in [0, 0.05) is 44.5 Å². The molecule has 0 saturated carbocycles. The van der Waals surface area contributed by atoms with Gasteiger partial charge in [-0.25, -0.2) is 0 Å². The van der Waals surface area contributed by atoms with Crippen molar-refractivity contribution in [3.63, 3.8) is 0 Å². The highest BCUT2D eigenvalue weighted by molar-refractivity contribution is 6.06. The van der Waals surface area contributed by atoms with Crippen LogP contribution in [-0.2, 0) is 6.54 Å². The fraction of sp³-hybridized carbons (Fsp3) is 0.381. The highest BCUT2D eigenvalue weighted by Crippen LogP contribution is 2.25. The summed E-state index contributed by atoms with van der Waals surface area (Å²) in [6, 6.07) is 13.2. The number of anilines is 1. The molecule has 1 aliphatic heterocycles. The first-order chi connectivity index (χ1) is 13.1. The molecule has 1 saturated heterocycles. The average molecular weight is 369 g/mol. The van der Waals surface area contributed by atoms with Crippen molar-refractivity contribution in [2.75, 3.05) is 52.8 Å². The van der Waals surface area contributed by atoms with Gasteiger partial charge in [0.15, 0.2) is 0 Å². The molecule has 0 aromatic heterocycles. The molecule has 6 heteroatoms. The van der Waals surface area contributed by atoms with Crippen LogP contribution in [0.2, 0.25) is 0 Å². The SMILES string of the molecule is COc1ccc(C(=O)Nc2ccc(CN3CCN(C)CC3)cc2)c(OC)c1. The van der Waals surface area contributed by atoms with E-state index in [1.54, 1.807) is 32.4 Å². The normalized spacial score (nSPS) is 15.4. The number of likely N-dealkylation sites (N-methyl/N-ethyl adjacent to an activating group) is 1. The molecule has 0 spiro atoms. The second-order valence-electron chi connectivity index (χ2n) is 6.80. The molecule has 1 amide bonds. The fourth-order valence-corrected chi connectivity index (χ4v) is 3.14. The zero-order chi connectivity index (χ0) is 19.2. The van der Waals surface area contributed by atoms with Crippen LogP contribution in [0.5, 0.6) is 11.5 Å². The maximum Gasteiger partial charge on any atom is 0.259 e. The van der Waals surface area contributed by atoms with Crippen LogP contribution in [-0.4, -0.2) is 63.2 Å². The molecule has 0 radical (unpaired) electrons. The number of nitrogens with zero attached hydrogens (tertiary/aromatic N) is 2. The molecule has 1 aliphatic rings. The molecule has 6 nitrogen and oxygen atoms in total. The monoisotopic (exact) mass is 369 g/mol. The van der Waals surface area contributed by atoms with Gasteiger partial charge in [-0.05, 0) is 36.9 Å². The third-order valence-corrected chi connectivity index (χ3v) is 4.87. The number of methoxy groups -OCH3 is 2. The molecule has 0 atom stereocenters. The molecule has 2 aromatic rings. The topological polar surface area (TPSA) is 54.0 Å². The Morgan fingerprint density at radius 1 is 1.00 bits per heavy atom. The number of hydrogen-bond donors (Lipinski definition) is 1. The lowest BCUT2D eigenvalue weighted by atomic mass is 10.1. The van der Waals surface area contributed by atoms with Crippen LogP contribution < -0.4 is 14.8 Å². The Kier molecular flexibility index (Phi) is 6.32. The van der Waals surface area contributed by atoms with Crippen LogP contribution >= 0.6 is 0 Å². The highest BCUT2D eigenvalue weighted by atomic mass is 16.5. The van der Waals surface area contributed by atoms with E-state index in [2.05, 4.69) is 34.3 Å². The van der Waals surface area contributed by atoms with Crippen molar-refractivity contribution in [2.24, 2.45) is 0 Å². The van der Waals surface area contributed by atoms with Crippen LogP contribution in [0.25, 0.3) is 0 Å². The Hall–Kier alpha value is -2.57. The number of carbonyl (C=O) groups excluding carboxylic acids is 1. The summed E-state index contributed by atoms with van der Waals surface area (Å²) >= 11 is 0. The number of rotatable bonds is 6. The number of nitrogens with one attached hydrogen (secondary N) is 1. The molecule has 0 unspecified atom stereocenters. The van der Waals surface area contributed by atoms with Gasteiger partial charge >= 0.3 is 0 Å². The lowest BCUT2D eigenvalue weighted by Gasteiger charge is -2.32. The van der Waals surface area contributed by atoms with E-state index in [0.29, 0.717) is 17.1 Å². The van der Waals surface area contributed by atoms with E-state index in [0.717, 1.165) is 38.4 Å². The van der Waals surface area contributed by atoms with Crippen molar-refractivity contribution in [1.82, 2.24) is 9.80 Å². The fourth-order valence-electron chi connectivity index (χ4n) is 3.14. The molecule has 1 fully saturated rings. The van der Waals surface area contributed by atoms with E-state index >= 15 is 0 Å². The Labute approximate surface area is 160 Å². The van der Waals surface area contributed by atoms with Gasteiger partial charge < -0.3 is 19.7 Å². The Bertz CT molecular complexity index is 769. The minimum absolute atomic E-state index is 0.207. The first-order valence-electron chi connectivity index (χ1n) is 9.12. The summed E-state index contributed by atoms with van der Waals surface area (Å²) in [6.45, 7) is 5.34. The van der Waals surface area contributed by atoms with Gasteiger partial charge in [0.05, 0.1) is 19.8 Å². The summed E-state index contributed by atoms with van der Waals surface area (Å²) in [4.78, 5) is 17.4. The summed E-state index contributed by atoms with van der Waals surface area (Å²) < 4.78 is 10.5. The first kappa shape index (κ1) is 19.2. The minimum Gasteiger partial charge on any atom is -0.497 e. The summed E-state index contributed by atoms with van der Waals surface area (Å²) in [6.07, 6.45) is 0. The van der Waals surface area contributed by atoms with Gasteiger partial charge in [0.1, 0.15) is 11.5 Å². The summed E-state index contributed by atoms with van der Waals surface area (Å²) in [5.41, 5.74) is 2.49. The standard InChI is InChI=1S/C21H27N3O3/c1-23-10-12-24(13-11-23)15-16-4-6-17(7-5-16)22-21(25)19-9-8-18(26-2)14-20(19)27-3/h4-9,14H,10-13,15H2,1-3H3,(H,22,25). The third-order valence-electron chi connectivity index (χ3n) is 4.87. The van der Waals surface area contributed by atoms with Crippen molar-refractivity contribution in [3.8, 4) is 11.5 Å². The molecule has 3 rings (SSSR count). The highest BCUT2D eigenvalue weighted by Gasteiger charge is 2.15. The number of piperazine rings is 1. The second kappa shape index (κ2) is 8.88. The largest absolute Gasteiger partial charge is 0.497 e. The van der Waals surface area contributed by atoms with Gasteiger partial charge in [-0.15, -0.1) is 0 Å². The molecular weight excluding hydrogens is 342 g/mol. The molecule has 0 aliphatic carbocycles. The number of benzene rings is 2. The number of carbonyl (C=O) groups is 1. The Morgan fingerprint density at radius 2 is 1.70 bits per heavy atom. The van der Waals surface area contributed by atoms with Crippen molar-refractivity contribution in [2.45, 2.75) is 6.54 Å². The van der Waals surface area contributed by atoms with Crippen molar-refractivity contribution >= 4 is 11.6 Å². The summed E-state index contributed by atoms with van der Waals surface area (Å²) in [7, 11) is 5.28. The van der Waals surface area contributed by atoms with E-state index in [9.17, 15) is 4.79 Å². The first-order valence-corrected chi connectivity index (χ1v) is 9.12. The number of hydrogen-bond acceptors (Lipinski definition) is 5. The second-order valence-corrected chi connectivity index (χ2v) is 6.80. The van der Waals surface area contributed by atoms with Crippen LogP contribution in [0, 0.1) is 0 Å². The van der Waals surface area contributed by atoms with Crippen molar-refractivity contribution in [1.29, 1.82) is 0 Å². The van der Waals surface area contributed by atoms with Crippen molar-refractivity contribution in [3.05, 3.63) is 53.6 Å². The summed E-state index contributed by atoms with van der Waals surface area (Å²) in [5.74, 6) is 0.927. The summed E-state index contributed by atoms with van der Waals surface area (Å²) in [5, 5.41) is 2.93. The molecule has 27 heavy (non-hydrogen) atoms. The van der Waals surface area contributed by atoms with Crippen LogP contribution in [0.3, 0.4) is 0 Å². The molecule has 0 bridgehead atoms. The number of amides is 1. The van der Waals surface area contributed by atoms with Crippen molar-refractivity contribution < 1.29 is 14.3 Å². The zero-order valence-electron chi connectivity index (χ0n) is 16.2. The maximum absolute atomic E-state index is 12.6. The van der Waals surface area contributed by atoms with Crippen LogP contribution in [0.15, 0.2) is 42.5 Å². The quantitative estimate of drug-likeness (QED) is 0.849. The van der Waals surface area contributed by atoms with Crippen LogP contribution in [0.4, 0.5) is 5.69 Å². The molecule has 2 aromatic carbocycles. The molecule has 1 heterocycles. The van der Waals surface area contributed by atoms with Gasteiger partial charge in [0.2, 0.25) is 0 Å². The van der Waals surface area contributed by atoms with Gasteiger partial charge in [-0.3, -0.25) is 9.69 Å². The minimum atomic E-state index is -0.207. The Balaban J connectivity index is 1.62. The zero-order valence-corrected chi connectivity index (χ0v) is 16.2. The number of ether oxygens (including phenoxy) is 2. The molecule has 144 valence electrons. The third kappa shape index (κ3) is 4.99. The van der Waals surface area contributed by atoms with Crippen LogP contribution in [0.1, 0.15) is 15.9 Å². The Morgan fingerprint density at radius 3 is 2.33 bits per heavy atom. The van der Waals surface area contributed by atoms with E-state index in [1.165, 1.54) is 5.56 Å². The smallest absolute Gasteiger partial charge is 0.259 e. The van der Waals surface area contributed by atoms with E-state index in [1.807, 2.05) is 12.1 Å². The molecule has 1 N–H and O–H groups in total. The van der Waals surface area contributed by atoms with Gasteiger partial charge in [0.25, 0.3) is 5.91 Å². The van der Waals surface area contributed by atoms with Gasteiger partial charge in [-0.2, -0.15) is 0 Å². The molecular formula is C21H27N3O3. The predicted octanol–water partition coefficient (Wildman–Crippen LogP) is 2.70. The average Bonchev–Trinajstić information content (AvgIpc) is 2.70. The van der Waals surface area contributed by atoms with Gasteiger partial charge in [-0.1, -0.05) is 12.1 Å². The lowest BCUT2D eigenvalue weighted by Crippen LogP contribution is -2.43. The lowest BCUT2D eigenvalue weighted by molar-refractivity contribution is 0.102. The van der Waals surface area contributed by atoms with E-state index in [4.69, 9.17) is 9.47 Å². The maximum atomic E-state index is 12.6. The van der Waals surface area contributed by atoms with E-state index < -0.39 is 0 Å². The van der Waals surface area contributed by atoms with E-state index in [-0.39, 0.29) is 5.91 Å². The predicted molar refractivity (Wildman–Crippen MR) is 107 cm³/mol.